The van der Waals surface area contributed by atoms with E-state index in [0.29, 0.717) is 30.3 Å². The quantitative estimate of drug-likeness (QED) is 0.290. The number of benzene rings is 1. The molecule has 0 heterocycles. The molecule has 0 spiro atoms. The molecule has 20 heavy (non-hydrogen) atoms. The van der Waals surface area contributed by atoms with E-state index < -0.39 is 0 Å². The minimum Gasteiger partial charge on any atom is -0.409 e. The Labute approximate surface area is 123 Å². The van der Waals surface area contributed by atoms with Crippen molar-refractivity contribution in [3.63, 3.8) is 0 Å². The van der Waals surface area contributed by atoms with Crippen LogP contribution in [0.25, 0.3) is 0 Å². The maximum Gasteiger partial charge on any atom is 0.170 e. The second-order valence-corrected chi connectivity index (χ2v) is 4.64. The highest BCUT2D eigenvalue weighted by atomic mass is 35.5. The van der Waals surface area contributed by atoms with Gasteiger partial charge in [-0.2, -0.15) is 0 Å². The van der Waals surface area contributed by atoms with Crippen LogP contribution in [0.4, 0.5) is 0 Å². The van der Waals surface area contributed by atoms with Crippen LogP contribution in [-0.2, 0) is 16.0 Å². The lowest BCUT2D eigenvalue weighted by Crippen LogP contribution is -2.31. The molecule has 6 nitrogen and oxygen atoms in total. The molecule has 1 aromatic rings. The van der Waals surface area contributed by atoms with Crippen molar-refractivity contribution in [2.24, 2.45) is 10.9 Å². The predicted molar refractivity (Wildman–Crippen MR) is 78.3 cm³/mol. The van der Waals surface area contributed by atoms with Gasteiger partial charge in [0.1, 0.15) is 0 Å². The average Bonchev–Trinajstić information content (AvgIpc) is 2.46. The van der Waals surface area contributed by atoms with Crippen molar-refractivity contribution in [1.82, 2.24) is 5.32 Å². The van der Waals surface area contributed by atoms with Crippen LogP contribution in [0.2, 0.25) is 5.02 Å². The molecule has 0 aliphatic carbocycles. The second-order valence-electron chi connectivity index (χ2n) is 4.24. The molecule has 1 aromatic carbocycles. The Hall–Kier alpha value is -1.34. The number of hydrogen-bond donors (Lipinski definition) is 3. The highest BCUT2D eigenvalue weighted by molar-refractivity contribution is 6.31. The van der Waals surface area contributed by atoms with Crippen LogP contribution >= 0.6 is 11.6 Å². The summed E-state index contributed by atoms with van der Waals surface area (Å²) in [6.45, 7) is 1.78. The molecule has 0 aromatic heterocycles. The first-order valence-electron chi connectivity index (χ1n) is 6.11. The number of oxime groups is 1. The molecule has 0 aliphatic rings. The predicted octanol–water partition coefficient (Wildman–Crippen LogP) is 1.19. The third-order valence-electron chi connectivity index (χ3n) is 2.83. The molecule has 0 aliphatic heterocycles. The van der Waals surface area contributed by atoms with Gasteiger partial charge in [0.15, 0.2) is 5.84 Å². The monoisotopic (exact) mass is 301 g/mol. The van der Waals surface area contributed by atoms with Gasteiger partial charge in [0.2, 0.25) is 0 Å². The van der Waals surface area contributed by atoms with E-state index in [1.54, 1.807) is 26.4 Å². The molecular weight excluding hydrogens is 282 g/mol. The van der Waals surface area contributed by atoms with Crippen LogP contribution in [0.5, 0.6) is 0 Å². The number of nitrogens with two attached hydrogens (primary N) is 1. The van der Waals surface area contributed by atoms with Gasteiger partial charge in [0, 0.05) is 37.9 Å². The average molecular weight is 302 g/mol. The largest absolute Gasteiger partial charge is 0.409 e. The first-order chi connectivity index (χ1) is 9.62. The molecule has 112 valence electrons. The van der Waals surface area contributed by atoms with Crippen molar-refractivity contribution in [2.75, 3.05) is 27.4 Å². The Balaban J connectivity index is 2.56. The number of hydrogen-bond acceptors (Lipinski definition) is 5. The van der Waals surface area contributed by atoms with E-state index in [4.69, 9.17) is 32.0 Å². The number of nitrogens with zero attached hydrogens (tertiary/aromatic N) is 1. The van der Waals surface area contributed by atoms with Crippen LogP contribution in [0.15, 0.2) is 23.4 Å². The fourth-order valence-electron chi connectivity index (χ4n) is 1.67. The number of amidine groups is 1. The lowest BCUT2D eigenvalue weighted by molar-refractivity contribution is 0.0288. The highest BCUT2D eigenvalue weighted by Crippen LogP contribution is 2.17. The van der Waals surface area contributed by atoms with Crippen molar-refractivity contribution in [3.8, 4) is 0 Å². The topological polar surface area (TPSA) is 89.1 Å². The van der Waals surface area contributed by atoms with Crippen LogP contribution in [0, 0.1) is 0 Å². The van der Waals surface area contributed by atoms with E-state index in [9.17, 15) is 0 Å². The Morgan fingerprint density at radius 2 is 2.25 bits per heavy atom. The molecule has 0 bridgehead atoms. The van der Waals surface area contributed by atoms with E-state index in [-0.39, 0.29) is 11.9 Å². The summed E-state index contributed by atoms with van der Waals surface area (Å²) < 4.78 is 10.3. The summed E-state index contributed by atoms with van der Waals surface area (Å²) in [6.07, 6.45) is -0.00443. The third kappa shape index (κ3) is 4.97. The van der Waals surface area contributed by atoms with Crippen molar-refractivity contribution in [3.05, 3.63) is 34.3 Å². The molecule has 0 radical (unpaired) electrons. The molecule has 1 unspecified atom stereocenters. The van der Waals surface area contributed by atoms with Crippen LogP contribution < -0.4 is 11.1 Å². The van der Waals surface area contributed by atoms with Gasteiger partial charge in [-0.15, -0.1) is 0 Å². The number of ether oxygens (including phenoxy) is 2. The summed E-state index contributed by atoms with van der Waals surface area (Å²) in [6, 6.07) is 5.25. The molecule has 1 atom stereocenters. The number of halogens is 1. The summed E-state index contributed by atoms with van der Waals surface area (Å²) in [7, 11) is 3.28. The molecule has 1 rings (SSSR count). The number of nitrogens with one attached hydrogen (secondary N) is 1. The Morgan fingerprint density at radius 1 is 1.50 bits per heavy atom. The third-order valence-corrected chi connectivity index (χ3v) is 3.18. The fourth-order valence-corrected chi connectivity index (χ4v) is 1.92. The summed E-state index contributed by atoms with van der Waals surface area (Å²) in [5.74, 6) is 0.0333. The summed E-state index contributed by atoms with van der Waals surface area (Å²) >= 11 is 6.15. The molecule has 0 saturated heterocycles. The summed E-state index contributed by atoms with van der Waals surface area (Å²) in [5, 5.41) is 15.3. The van der Waals surface area contributed by atoms with Gasteiger partial charge in [0.05, 0.1) is 12.7 Å². The summed E-state index contributed by atoms with van der Waals surface area (Å²) in [5.41, 5.74) is 7.00. The lowest BCUT2D eigenvalue weighted by atomic mass is 10.1. The van der Waals surface area contributed by atoms with Crippen LogP contribution in [-0.4, -0.2) is 44.5 Å². The van der Waals surface area contributed by atoms with E-state index in [0.717, 1.165) is 5.56 Å². The van der Waals surface area contributed by atoms with E-state index in [1.165, 1.54) is 0 Å². The molecule has 0 amide bonds. The fraction of sp³-hybridized carbons (Fsp3) is 0.462. The molecular formula is C13H20ClN3O3. The zero-order valence-electron chi connectivity index (χ0n) is 11.6. The second kappa shape index (κ2) is 8.76. The first kappa shape index (κ1) is 16.7. The van der Waals surface area contributed by atoms with Crippen molar-refractivity contribution in [1.29, 1.82) is 0 Å². The van der Waals surface area contributed by atoms with E-state index in [2.05, 4.69) is 10.5 Å². The van der Waals surface area contributed by atoms with Gasteiger partial charge in [-0.1, -0.05) is 28.9 Å². The Bertz CT molecular complexity index is 454. The maximum absolute atomic E-state index is 8.61. The van der Waals surface area contributed by atoms with Gasteiger partial charge in [0.25, 0.3) is 0 Å². The van der Waals surface area contributed by atoms with Gasteiger partial charge >= 0.3 is 0 Å². The lowest BCUT2D eigenvalue weighted by Gasteiger charge is -2.15. The molecule has 4 N–H and O–H groups in total. The normalized spacial score (nSPS) is 13.4. The smallest absolute Gasteiger partial charge is 0.170 e. The van der Waals surface area contributed by atoms with Crippen molar-refractivity contribution >= 4 is 17.4 Å². The van der Waals surface area contributed by atoms with Crippen LogP contribution in [0.1, 0.15) is 11.1 Å². The minimum atomic E-state index is -0.00443. The van der Waals surface area contributed by atoms with E-state index >= 15 is 0 Å². The molecule has 0 saturated carbocycles. The number of rotatable bonds is 8. The Morgan fingerprint density at radius 3 is 2.80 bits per heavy atom. The highest BCUT2D eigenvalue weighted by Gasteiger charge is 2.08. The maximum atomic E-state index is 8.61. The molecule has 7 heteroatoms. The van der Waals surface area contributed by atoms with Gasteiger partial charge < -0.3 is 25.7 Å². The SMILES string of the molecule is COCC(CNCc1ccc(/C(N)=N/O)cc1Cl)OC. The van der Waals surface area contributed by atoms with Gasteiger partial charge in [-0.25, -0.2) is 0 Å². The Kier molecular flexibility index (Phi) is 7.32. The van der Waals surface area contributed by atoms with Gasteiger partial charge in [-0.3, -0.25) is 0 Å². The standard InChI is InChI=1S/C13H20ClN3O3/c1-19-8-11(20-2)7-16-6-10-4-3-9(5-12(10)14)13(15)17-18/h3-5,11,16,18H,6-8H2,1-2H3,(H2,15,17). The minimum absolute atomic E-state index is 0.00443. The molecule has 0 fully saturated rings. The zero-order valence-corrected chi connectivity index (χ0v) is 12.4. The van der Waals surface area contributed by atoms with Crippen molar-refractivity contribution in [2.45, 2.75) is 12.6 Å². The van der Waals surface area contributed by atoms with E-state index in [1.807, 2.05) is 6.07 Å². The van der Waals surface area contributed by atoms with Gasteiger partial charge in [-0.05, 0) is 11.6 Å². The van der Waals surface area contributed by atoms with Crippen molar-refractivity contribution < 1.29 is 14.7 Å². The van der Waals surface area contributed by atoms with Crippen LogP contribution in [0.3, 0.4) is 0 Å². The zero-order chi connectivity index (χ0) is 15.0. The summed E-state index contributed by atoms with van der Waals surface area (Å²) in [4.78, 5) is 0. The number of methoxy groups -OCH3 is 2. The first-order valence-corrected chi connectivity index (χ1v) is 6.49.